The van der Waals surface area contributed by atoms with Gasteiger partial charge in [0, 0.05) is 6.54 Å². The van der Waals surface area contributed by atoms with E-state index < -0.39 is 0 Å². The molecular formula is C26H35NO2. The van der Waals surface area contributed by atoms with Crippen molar-refractivity contribution < 1.29 is 9.47 Å². The molecule has 0 N–H and O–H groups in total. The summed E-state index contributed by atoms with van der Waals surface area (Å²) in [5, 5.41) is 0. The van der Waals surface area contributed by atoms with E-state index in [2.05, 4.69) is 74.1 Å². The molecule has 3 heteroatoms. The van der Waals surface area contributed by atoms with E-state index in [-0.39, 0.29) is 0 Å². The summed E-state index contributed by atoms with van der Waals surface area (Å²) in [6.45, 7) is 8.28. The van der Waals surface area contributed by atoms with Gasteiger partial charge in [0.2, 0.25) is 0 Å². The fraction of sp³-hybridized carbons (Fsp3) is 0.462. The predicted molar refractivity (Wildman–Crippen MR) is 120 cm³/mol. The molecule has 3 nitrogen and oxygen atoms in total. The van der Waals surface area contributed by atoms with Crippen LogP contribution in [-0.2, 0) is 11.3 Å². The topological polar surface area (TPSA) is 21.7 Å². The molecule has 0 amide bonds. The quantitative estimate of drug-likeness (QED) is 0.512. The molecule has 2 aromatic carbocycles. The van der Waals surface area contributed by atoms with Crippen LogP contribution in [0.1, 0.15) is 43.2 Å². The van der Waals surface area contributed by atoms with E-state index in [9.17, 15) is 0 Å². The number of rotatable bonds is 9. The van der Waals surface area contributed by atoms with Gasteiger partial charge in [-0.15, -0.1) is 0 Å². The van der Waals surface area contributed by atoms with Crippen LogP contribution in [0.3, 0.4) is 0 Å². The van der Waals surface area contributed by atoms with Crippen LogP contribution in [0.25, 0.3) is 0 Å². The number of nitrogens with zero attached hydrogens (tertiary/aromatic N) is 1. The maximum atomic E-state index is 6.30. The van der Waals surface area contributed by atoms with E-state index in [0.717, 1.165) is 37.1 Å². The van der Waals surface area contributed by atoms with E-state index in [4.69, 9.17) is 9.47 Å². The third-order valence-corrected chi connectivity index (χ3v) is 5.63. The highest BCUT2D eigenvalue weighted by Gasteiger charge is 2.32. The van der Waals surface area contributed by atoms with Gasteiger partial charge in [-0.25, -0.2) is 0 Å². The highest BCUT2D eigenvalue weighted by atomic mass is 16.5. The average molecular weight is 394 g/mol. The van der Waals surface area contributed by atoms with Crippen molar-refractivity contribution in [3.63, 3.8) is 0 Å². The molecule has 1 aliphatic rings. The number of hydrogen-bond donors (Lipinski definition) is 0. The Balaban J connectivity index is 1.66. The summed E-state index contributed by atoms with van der Waals surface area (Å²) in [6.07, 6.45) is 3.70. The second-order valence-electron chi connectivity index (χ2n) is 8.68. The van der Waals surface area contributed by atoms with Gasteiger partial charge in [-0.05, 0) is 81.0 Å². The summed E-state index contributed by atoms with van der Waals surface area (Å²) >= 11 is 0. The number of hydrogen-bond acceptors (Lipinski definition) is 3. The first-order valence-corrected chi connectivity index (χ1v) is 10.7. The lowest BCUT2D eigenvalue weighted by Gasteiger charge is -2.38. The average Bonchev–Trinajstić information content (AvgIpc) is 2.71. The molecule has 1 aliphatic carbocycles. The molecule has 3 atom stereocenters. The van der Waals surface area contributed by atoms with E-state index in [0.29, 0.717) is 31.2 Å². The van der Waals surface area contributed by atoms with Gasteiger partial charge in [-0.1, -0.05) is 49.0 Å². The lowest BCUT2D eigenvalue weighted by atomic mass is 9.74. The van der Waals surface area contributed by atoms with Gasteiger partial charge in [-0.2, -0.15) is 0 Å². The van der Waals surface area contributed by atoms with Crippen LogP contribution >= 0.6 is 0 Å². The molecule has 0 saturated heterocycles. The van der Waals surface area contributed by atoms with Crippen molar-refractivity contribution in [1.82, 2.24) is 4.90 Å². The Labute approximate surface area is 176 Å². The minimum absolute atomic E-state index is 0.333. The van der Waals surface area contributed by atoms with Crippen LogP contribution in [0.5, 0.6) is 5.75 Å². The molecule has 0 heterocycles. The fourth-order valence-electron chi connectivity index (χ4n) is 4.31. The highest BCUT2D eigenvalue weighted by Crippen LogP contribution is 2.40. The Morgan fingerprint density at radius 3 is 2.59 bits per heavy atom. The minimum atomic E-state index is 0.333. The summed E-state index contributed by atoms with van der Waals surface area (Å²) < 4.78 is 12.2. The van der Waals surface area contributed by atoms with Gasteiger partial charge in [0.1, 0.15) is 12.4 Å². The molecule has 0 radical (unpaired) electrons. The molecule has 0 aliphatic heterocycles. The van der Waals surface area contributed by atoms with Gasteiger partial charge in [0.15, 0.2) is 0 Å². The standard InChI is InChI=1S/C26H35NO2/c1-20(2)18-28-24-12-8-11-22(15-24)26-14-13-25(16-23(26)17-27(3)4)29-19-21-9-6-5-7-10-21/h5-12,15,23,25-26H,1,13-14,16-19H2,2-4H3. The van der Waals surface area contributed by atoms with Crippen molar-refractivity contribution >= 4 is 0 Å². The van der Waals surface area contributed by atoms with Crippen molar-refractivity contribution in [2.24, 2.45) is 5.92 Å². The van der Waals surface area contributed by atoms with Crippen LogP contribution in [-0.4, -0.2) is 38.3 Å². The van der Waals surface area contributed by atoms with Crippen LogP contribution in [0, 0.1) is 5.92 Å². The Bertz CT molecular complexity index is 771. The Morgan fingerprint density at radius 1 is 1.07 bits per heavy atom. The van der Waals surface area contributed by atoms with Crippen LogP contribution in [0.2, 0.25) is 0 Å². The van der Waals surface area contributed by atoms with Crippen molar-refractivity contribution in [2.75, 3.05) is 27.2 Å². The molecular weight excluding hydrogens is 358 g/mol. The summed E-state index contributed by atoms with van der Waals surface area (Å²) in [5.74, 6) is 2.06. The largest absolute Gasteiger partial charge is 0.489 e. The SMILES string of the molecule is C=C(C)COc1cccc(C2CCC(OCc3ccccc3)CC2CN(C)C)c1. The zero-order valence-electron chi connectivity index (χ0n) is 18.1. The maximum absolute atomic E-state index is 6.30. The molecule has 3 unspecified atom stereocenters. The molecule has 3 rings (SSSR count). The highest BCUT2D eigenvalue weighted by molar-refractivity contribution is 5.32. The third-order valence-electron chi connectivity index (χ3n) is 5.63. The van der Waals surface area contributed by atoms with E-state index in [1.54, 1.807) is 0 Å². The molecule has 1 fully saturated rings. The van der Waals surface area contributed by atoms with E-state index >= 15 is 0 Å². The minimum Gasteiger partial charge on any atom is -0.489 e. The van der Waals surface area contributed by atoms with Crippen LogP contribution < -0.4 is 4.74 Å². The number of ether oxygens (including phenoxy) is 2. The second kappa shape index (κ2) is 10.6. The van der Waals surface area contributed by atoms with Crippen LogP contribution in [0.15, 0.2) is 66.7 Å². The predicted octanol–water partition coefficient (Wildman–Crippen LogP) is 5.67. The van der Waals surface area contributed by atoms with Gasteiger partial charge in [0.25, 0.3) is 0 Å². The summed E-state index contributed by atoms with van der Waals surface area (Å²) in [6, 6.07) is 19.1. The van der Waals surface area contributed by atoms with Crippen molar-refractivity contribution in [3.05, 3.63) is 77.9 Å². The summed E-state index contributed by atoms with van der Waals surface area (Å²) in [4.78, 5) is 2.30. The smallest absolute Gasteiger partial charge is 0.120 e. The molecule has 0 aromatic heterocycles. The van der Waals surface area contributed by atoms with E-state index in [1.165, 1.54) is 11.1 Å². The van der Waals surface area contributed by atoms with Gasteiger partial charge >= 0.3 is 0 Å². The lowest BCUT2D eigenvalue weighted by molar-refractivity contribution is -0.00689. The van der Waals surface area contributed by atoms with Gasteiger partial charge in [0.05, 0.1) is 12.7 Å². The van der Waals surface area contributed by atoms with Gasteiger partial charge < -0.3 is 14.4 Å². The second-order valence-corrected chi connectivity index (χ2v) is 8.68. The van der Waals surface area contributed by atoms with Gasteiger partial charge in [-0.3, -0.25) is 0 Å². The van der Waals surface area contributed by atoms with Crippen molar-refractivity contribution in [2.45, 2.75) is 44.8 Å². The Hall–Kier alpha value is -2.10. The Morgan fingerprint density at radius 2 is 1.86 bits per heavy atom. The third kappa shape index (κ3) is 6.73. The first-order valence-electron chi connectivity index (χ1n) is 10.7. The van der Waals surface area contributed by atoms with Crippen molar-refractivity contribution in [3.8, 4) is 5.75 Å². The number of benzene rings is 2. The molecule has 0 bridgehead atoms. The van der Waals surface area contributed by atoms with Crippen LogP contribution in [0.4, 0.5) is 0 Å². The normalized spacial score (nSPS) is 21.9. The molecule has 2 aromatic rings. The molecule has 1 saturated carbocycles. The fourth-order valence-corrected chi connectivity index (χ4v) is 4.31. The van der Waals surface area contributed by atoms with E-state index in [1.807, 2.05) is 13.0 Å². The molecule has 29 heavy (non-hydrogen) atoms. The molecule has 156 valence electrons. The van der Waals surface area contributed by atoms with Crippen molar-refractivity contribution in [1.29, 1.82) is 0 Å². The summed E-state index contributed by atoms with van der Waals surface area (Å²) in [7, 11) is 4.33. The summed E-state index contributed by atoms with van der Waals surface area (Å²) in [5.41, 5.74) is 3.68. The zero-order chi connectivity index (χ0) is 20.6. The maximum Gasteiger partial charge on any atom is 0.120 e. The lowest BCUT2D eigenvalue weighted by Crippen LogP contribution is -2.34. The zero-order valence-corrected chi connectivity index (χ0v) is 18.1. The first-order chi connectivity index (χ1) is 14.0. The molecule has 0 spiro atoms. The monoisotopic (exact) mass is 393 g/mol. The first kappa shape index (κ1) is 21.6. The Kier molecular flexibility index (Phi) is 7.91.